The Morgan fingerprint density at radius 1 is 0.939 bits per heavy atom. The maximum atomic E-state index is 13.2. The van der Waals surface area contributed by atoms with E-state index in [1.807, 2.05) is 0 Å². The number of amides is 1. The van der Waals surface area contributed by atoms with Crippen molar-refractivity contribution in [3.8, 4) is 17.2 Å². The van der Waals surface area contributed by atoms with E-state index in [1.165, 1.54) is 43.4 Å². The van der Waals surface area contributed by atoms with Crippen molar-refractivity contribution in [2.24, 2.45) is 0 Å². The van der Waals surface area contributed by atoms with Crippen LogP contribution in [-0.4, -0.2) is 36.1 Å². The SMILES string of the molecule is COc1cc(/C(O)=C2\C(=O)C(=O)N(c3ccccc3)C2c2cccc(O)c2)c(OC)cc1Cl. The summed E-state index contributed by atoms with van der Waals surface area (Å²) in [5.74, 6) is -1.73. The van der Waals surface area contributed by atoms with Crippen molar-refractivity contribution < 1.29 is 29.3 Å². The topological polar surface area (TPSA) is 96.3 Å². The van der Waals surface area contributed by atoms with Crippen LogP contribution in [0.1, 0.15) is 17.2 Å². The molecule has 8 heteroatoms. The number of phenolic OH excluding ortho intramolecular Hbond substituents is 1. The summed E-state index contributed by atoms with van der Waals surface area (Å²) in [7, 11) is 2.81. The van der Waals surface area contributed by atoms with Crippen molar-refractivity contribution in [1.29, 1.82) is 0 Å². The third-order valence-electron chi connectivity index (χ3n) is 5.39. The average molecular weight is 466 g/mol. The van der Waals surface area contributed by atoms with Gasteiger partial charge in [-0.15, -0.1) is 0 Å². The molecule has 0 spiro atoms. The molecule has 4 rings (SSSR count). The van der Waals surface area contributed by atoms with Crippen molar-refractivity contribution in [3.05, 3.63) is 88.5 Å². The van der Waals surface area contributed by atoms with Crippen molar-refractivity contribution in [2.45, 2.75) is 6.04 Å². The number of hydrogen-bond donors (Lipinski definition) is 2. The molecule has 1 amide bonds. The number of para-hydroxylation sites is 1. The fourth-order valence-electron chi connectivity index (χ4n) is 3.89. The van der Waals surface area contributed by atoms with Gasteiger partial charge in [0, 0.05) is 11.8 Å². The summed E-state index contributed by atoms with van der Waals surface area (Å²) in [6, 6.07) is 16.7. The highest BCUT2D eigenvalue weighted by molar-refractivity contribution is 6.51. The van der Waals surface area contributed by atoms with Gasteiger partial charge in [0.15, 0.2) is 0 Å². The summed E-state index contributed by atoms with van der Waals surface area (Å²) >= 11 is 6.18. The van der Waals surface area contributed by atoms with E-state index in [0.717, 1.165) is 0 Å². The van der Waals surface area contributed by atoms with Gasteiger partial charge in [-0.1, -0.05) is 41.9 Å². The van der Waals surface area contributed by atoms with Gasteiger partial charge < -0.3 is 19.7 Å². The van der Waals surface area contributed by atoms with Gasteiger partial charge in [-0.2, -0.15) is 0 Å². The molecule has 1 atom stereocenters. The van der Waals surface area contributed by atoms with Gasteiger partial charge in [-0.25, -0.2) is 0 Å². The molecule has 0 radical (unpaired) electrons. The summed E-state index contributed by atoms with van der Waals surface area (Å²) in [6.45, 7) is 0. The Morgan fingerprint density at radius 3 is 2.27 bits per heavy atom. The van der Waals surface area contributed by atoms with Crippen LogP contribution in [0.4, 0.5) is 5.69 Å². The first-order valence-corrected chi connectivity index (χ1v) is 10.3. The molecule has 0 saturated carbocycles. The molecule has 1 aliphatic heterocycles. The van der Waals surface area contributed by atoms with E-state index in [2.05, 4.69) is 0 Å². The van der Waals surface area contributed by atoms with E-state index < -0.39 is 23.5 Å². The molecule has 1 unspecified atom stereocenters. The minimum atomic E-state index is -0.995. The zero-order chi connectivity index (χ0) is 23.7. The van der Waals surface area contributed by atoms with Crippen LogP contribution in [0.3, 0.4) is 0 Å². The standard InChI is InChI=1S/C25H20ClNO6/c1-32-19-13-18(26)20(33-2)12-17(19)23(29)21-22(14-7-6-10-16(28)11-14)27(25(31)24(21)30)15-8-4-3-5-9-15/h3-13,22,28-29H,1-2H3/b23-21+. The van der Waals surface area contributed by atoms with Crippen LogP contribution in [0.25, 0.3) is 5.76 Å². The van der Waals surface area contributed by atoms with Gasteiger partial charge in [-0.05, 0) is 35.9 Å². The zero-order valence-corrected chi connectivity index (χ0v) is 18.5. The second kappa shape index (κ2) is 8.88. The van der Waals surface area contributed by atoms with E-state index in [0.29, 0.717) is 11.3 Å². The first-order valence-electron chi connectivity index (χ1n) is 9.94. The highest BCUT2D eigenvalue weighted by Gasteiger charge is 2.47. The minimum absolute atomic E-state index is 0.0445. The molecular formula is C25H20ClNO6. The Hall–Kier alpha value is -3.97. The number of aromatic hydroxyl groups is 1. The first kappa shape index (κ1) is 22.2. The fourth-order valence-corrected chi connectivity index (χ4v) is 4.12. The number of anilines is 1. The highest BCUT2D eigenvalue weighted by atomic mass is 35.5. The van der Waals surface area contributed by atoms with Crippen LogP contribution in [0.2, 0.25) is 5.02 Å². The Kier molecular flexibility index (Phi) is 5.98. The number of rotatable bonds is 5. The van der Waals surface area contributed by atoms with Gasteiger partial charge in [-0.3, -0.25) is 14.5 Å². The summed E-state index contributed by atoms with van der Waals surface area (Å²) in [5.41, 5.74) is 0.888. The molecule has 0 bridgehead atoms. The maximum absolute atomic E-state index is 13.2. The molecule has 168 valence electrons. The number of carbonyl (C=O) groups excluding carboxylic acids is 2. The first-order chi connectivity index (χ1) is 15.9. The predicted octanol–water partition coefficient (Wildman–Crippen LogP) is 4.69. The van der Waals surface area contributed by atoms with Crippen LogP contribution in [0.15, 0.2) is 72.3 Å². The highest BCUT2D eigenvalue weighted by Crippen LogP contribution is 2.45. The molecule has 0 aromatic heterocycles. The Bertz CT molecular complexity index is 1270. The van der Waals surface area contributed by atoms with Crippen LogP contribution in [-0.2, 0) is 9.59 Å². The Labute approximate surface area is 195 Å². The lowest BCUT2D eigenvalue weighted by molar-refractivity contribution is -0.132. The van der Waals surface area contributed by atoms with E-state index in [1.54, 1.807) is 42.5 Å². The monoisotopic (exact) mass is 465 g/mol. The van der Waals surface area contributed by atoms with Gasteiger partial charge in [0.1, 0.15) is 23.0 Å². The van der Waals surface area contributed by atoms with Crippen molar-refractivity contribution in [3.63, 3.8) is 0 Å². The number of ether oxygens (including phenoxy) is 2. The van der Waals surface area contributed by atoms with Gasteiger partial charge in [0.2, 0.25) is 0 Å². The van der Waals surface area contributed by atoms with Crippen LogP contribution in [0.5, 0.6) is 17.2 Å². The van der Waals surface area contributed by atoms with E-state index >= 15 is 0 Å². The molecule has 0 aliphatic carbocycles. The van der Waals surface area contributed by atoms with Crippen molar-refractivity contribution >= 4 is 34.7 Å². The lowest BCUT2D eigenvalue weighted by atomic mass is 9.94. The minimum Gasteiger partial charge on any atom is -0.508 e. The summed E-state index contributed by atoms with van der Waals surface area (Å²) in [6.07, 6.45) is 0. The number of benzene rings is 3. The molecule has 1 aliphatic rings. The number of aliphatic hydroxyl groups excluding tert-OH is 1. The molecule has 2 N–H and O–H groups in total. The van der Waals surface area contributed by atoms with Gasteiger partial charge in [0.25, 0.3) is 11.7 Å². The quantitative estimate of drug-likeness (QED) is 0.322. The smallest absolute Gasteiger partial charge is 0.300 e. The number of halogens is 1. The second-order valence-electron chi connectivity index (χ2n) is 7.29. The molecule has 3 aromatic rings. The predicted molar refractivity (Wildman–Crippen MR) is 124 cm³/mol. The number of methoxy groups -OCH3 is 2. The van der Waals surface area contributed by atoms with Crippen LogP contribution >= 0.6 is 11.6 Å². The average Bonchev–Trinajstić information content (AvgIpc) is 3.09. The Morgan fingerprint density at radius 2 is 1.64 bits per heavy atom. The lowest BCUT2D eigenvalue weighted by Gasteiger charge is -2.25. The van der Waals surface area contributed by atoms with Crippen molar-refractivity contribution in [2.75, 3.05) is 19.1 Å². The summed E-state index contributed by atoms with van der Waals surface area (Å²) in [5, 5.41) is 21.7. The third-order valence-corrected chi connectivity index (χ3v) is 5.69. The van der Waals surface area contributed by atoms with Crippen LogP contribution < -0.4 is 14.4 Å². The molecule has 33 heavy (non-hydrogen) atoms. The summed E-state index contributed by atoms with van der Waals surface area (Å²) < 4.78 is 10.6. The molecule has 1 heterocycles. The number of nitrogens with zero attached hydrogens (tertiary/aromatic N) is 1. The molecule has 3 aromatic carbocycles. The van der Waals surface area contributed by atoms with Gasteiger partial charge in [0.05, 0.1) is 36.4 Å². The largest absolute Gasteiger partial charge is 0.508 e. The molecule has 1 fully saturated rings. The molecular weight excluding hydrogens is 446 g/mol. The third kappa shape index (κ3) is 3.87. The fraction of sp³-hybridized carbons (Fsp3) is 0.120. The van der Waals surface area contributed by atoms with Crippen LogP contribution in [0, 0.1) is 0 Å². The van der Waals surface area contributed by atoms with Gasteiger partial charge >= 0.3 is 0 Å². The number of aliphatic hydroxyl groups is 1. The maximum Gasteiger partial charge on any atom is 0.300 e. The number of Topliss-reactive ketones (excluding diaryl/α,β-unsaturated/α-hetero) is 1. The molecule has 1 saturated heterocycles. The Balaban J connectivity index is 2.00. The van der Waals surface area contributed by atoms with E-state index in [9.17, 15) is 19.8 Å². The summed E-state index contributed by atoms with van der Waals surface area (Å²) in [4.78, 5) is 27.7. The lowest BCUT2D eigenvalue weighted by Crippen LogP contribution is -2.29. The van der Waals surface area contributed by atoms with E-state index in [-0.39, 0.29) is 33.4 Å². The number of hydrogen-bond acceptors (Lipinski definition) is 6. The number of carbonyl (C=O) groups is 2. The second-order valence-corrected chi connectivity index (χ2v) is 7.69. The zero-order valence-electron chi connectivity index (χ0n) is 17.8. The van der Waals surface area contributed by atoms with E-state index in [4.69, 9.17) is 21.1 Å². The number of phenols is 1. The van der Waals surface area contributed by atoms with Crippen molar-refractivity contribution in [1.82, 2.24) is 0 Å². The normalized spacial score (nSPS) is 17.3. The molecule has 7 nitrogen and oxygen atoms in total. The number of ketones is 1.